The van der Waals surface area contributed by atoms with Gasteiger partial charge in [-0.15, -0.1) is 0 Å². The number of phenolic OH excluding ortho intramolecular Hbond substituents is 2. The molecule has 10 heteroatoms. The number of benzene rings is 2. The largest absolute Gasteiger partial charge is 0.508 e. The smallest absolute Gasteiger partial charge is 0.246 e. The third kappa shape index (κ3) is 14.2. The molecule has 2 rings (SSSR count). The molecule has 0 aliphatic rings. The Balaban J connectivity index is 1.78. The average Bonchev–Trinajstić information content (AvgIpc) is 2.96. The summed E-state index contributed by atoms with van der Waals surface area (Å²) >= 11 is 0. The molecule has 0 aromatic heterocycles. The molecule has 0 fully saturated rings. The van der Waals surface area contributed by atoms with Crippen LogP contribution in [0, 0.1) is 0 Å². The summed E-state index contributed by atoms with van der Waals surface area (Å²) in [4.78, 5) is 51.8. The lowest BCUT2D eigenvalue weighted by Crippen LogP contribution is -2.35. The van der Waals surface area contributed by atoms with Gasteiger partial charge in [0.25, 0.3) is 0 Å². The summed E-state index contributed by atoms with van der Waals surface area (Å²) in [7, 11) is 0. The number of nitrogens with zero attached hydrogens (tertiary/aromatic N) is 2. The molecule has 226 valence electrons. The van der Waals surface area contributed by atoms with Crippen molar-refractivity contribution in [1.29, 1.82) is 0 Å². The Morgan fingerprint density at radius 1 is 0.643 bits per heavy atom. The summed E-state index contributed by atoms with van der Waals surface area (Å²) < 4.78 is 0. The van der Waals surface area contributed by atoms with Crippen LogP contribution in [-0.2, 0) is 19.2 Å². The maximum absolute atomic E-state index is 12.9. The fraction of sp³-hybridized carbons (Fsp3) is 0.375. The number of rotatable bonds is 17. The van der Waals surface area contributed by atoms with Gasteiger partial charge in [0, 0.05) is 65.3 Å². The summed E-state index contributed by atoms with van der Waals surface area (Å²) in [6.45, 7) is 5.91. The van der Waals surface area contributed by atoms with Gasteiger partial charge < -0.3 is 30.6 Å². The van der Waals surface area contributed by atoms with Crippen LogP contribution >= 0.6 is 0 Å². The minimum Gasteiger partial charge on any atom is -0.508 e. The van der Waals surface area contributed by atoms with E-state index in [1.165, 1.54) is 26.0 Å². The first-order valence-corrected chi connectivity index (χ1v) is 14.1. The van der Waals surface area contributed by atoms with Crippen molar-refractivity contribution >= 4 is 35.8 Å². The molecule has 0 aliphatic carbocycles. The van der Waals surface area contributed by atoms with Gasteiger partial charge in [-0.2, -0.15) is 0 Å². The molecule has 0 radical (unpaired) electrons. The maximum atomic E-state index is 12.9. The van der Waals surface area contributed by atoms with Gasteiger partial charge in [0.1, 0.15) is 11.5 Å². The zero-order valence-corrected chi connectivity index (χ0v) is 24.4. The van der Waals surface area contributed by atoms with Crippen LogP contribution in [0.15, 0.2) is 60.7 Å². The zero-order chi connectivity index (χ0) is 30.7. The van der Waals surface area contributed by atoms with E-state index in [0.717, 1.165) is 11.1 Å². The van der Waals surface area contributed by atoms with E-state index in [9.17, 15) is 29.4 Å². The Morgan fingerprint density at radius 3 is 1.62 bits per heavy atom. The van der Waals surface area contributed by atoms with Gasteiger partial charge in [-0.1, -0.05) is 24.3 Å². The Hall–Kier alpha value is -4.60. The van der Waals surface area contributed by atoms with E-state index < -0.39 is 0 Å². The molecule has 2 aromatic rings. The van der Waals surface area contributed by atoms with Gasteiger partial charge in [-0.25, -0.2) is 0 Å². The van der Waals surface area contributed by atoms with E-state index in [-0.39, 0.29) is 35.1 Å². The van der Waals surface area contributed by atoms with E-state index >= 15 is 0 Å². The first-order valence-electron chi connectivity index (χ1n) is 14.1. The molecule has 0 spiro atoms. The number of phenols is 2. The average molecular weight is 579 g/mol. The van der Waals surface area contributed by atoms with E-state index in [2.05, 4.69) is 10.6 Å². The predicted molar refractivity (Wildman–Crippen MR) is 163 cm³/mol. The Labute approximate surface area is 247 Å². The van der Waals surface area contributed by atoms with E-state index in [4.69, 9.17) is 0 Å². The minimum absolute atomic E-state index is 0.0476. The van der Waals surface area contributed by atoms with Crippen LogP contribution in [-0.4, -0.2) is 82.9 Å². The molecule has 0 bridgehead atoms. The molecule has 4 amide bonds. The molecule has 0 saturated heterocycles. The quantitative estimate of drug-likeness (QED) is 0.168. The van der Waals surface area contributed by atoms with Gasteiger partial charge in [0.15, 0.2) is 0 Å². The second-order valence-electron chi connectivity index (χ2n) is 9.87. The number of nitrogens with one attached hydrogen (secondary N) is 2. The zero-order valence-electron chi connectivity index (χ0n) is 24.4. The van der Waals surface area contributed by atoms with Crippen molar-refractivity contribution < 1.29 is 29.4 Å². The van der Waals surface area contributed by atoms with Crippen molar-refractivity contribution in [3.63, 3.8) is 0 Å². The highest BCUT2D eigenvalue weighted by atomic mass is 16.3. The first kappa shape index (κ1) is 33.6. The van der Waals surface area contributed by atoms with Gasteiger partial charge in [0.2, 0.25) is 23.6 Å². The molecule has 2 aromatic carbocycles. The molecule has 42 heavy (non-hydrogen) atoms. The molecule has 0 aliphatic heterocycles. The molecule has 0 heterocycles. The van der Waals surface area contributed by atoms with Gasteiger partial charge in [-0.3, -0.25) is 19.2 Å². The van der Waals surface area contributed by atoms with Crippen molar-refractivity contribution in [2.24, 2.45) is 0 Å². The number of carbonyl (C=O) groups excluding carboxylic acids is 4. The van der Waals surface area contributed by atoms with Crippen LogP contribution in [0.25, 0.3) is 12.2 Å². The highest BCUT2D eigenvalue weighted by Gasteiger charge is 2.12. The third-order valence-electron chi connectivity index (χ3n) is 6.38. The van der Waals surface area contributed by atoms with Crippen LogP contribution in [0.2, 0.25) is 0 Å². The van der Waals surface area contributed by atoms with Gasteiger partial charge >= 0.3 is 0 Å². The van der Waals surface area contributed by atoms with E-state index in [1.54, 1.807) is 70.5 Å². The summed E-state index contributed by atoms with van der Waals surface area (Å²) in [6.07, 6.45) is 8.91. The fourth-order valence-electron chi connectivity index (χ4n) is 4.05. The monoisotopic (exact) mass is 578 g/mol. The SMILES string of the molecule is CC(=O)NCCCN(CCCCN(CCCNC(=O)/C=C/c1ccc(O)cc1)C(C)=O)C(=O)/C=C/c1ccc(O)cc1. The lowest BCUT2D eigenvalue weighted by atomic mass is 10.2. The number of amides is 4. The summed E-state index contributed by atoms with van der Waals surface area (Å²) in [5.41, 5.74) is 1.59. The Morgan fingerprint density at radius 2 is 1.10 bits per heavy atom. The van der Waals surface area contributed by atoms with Crippen molar-refractivity contribution in [3.05, 3.63) is 71.8 Å². The molecule has 0 atom stereocenters. The van der Waals surface area contributed by atoms with Crippen LogP contribution in [0.3, 0.4) is 0 Å². The topological polar surface area (TPSA) is 139 Å². The molecule has 4 N–H and O–H groups in total. The van der Waals surface area contributed by atoms with Crippen molar-refractivity contribution in [1.82, 2.24) is 20.4 Å². The Bertz CT molecular complexity index is 1210. The molecule has 0 unspecified atom stereocenters. The number of hydrogen-bond donors (Lipinski definition) is 4. The summed E-state index contributed by atoms with van der Waals surface area (Å²) in [5.74, 6) is -0.232. The maximum Gasteiger partial charge on any atom is 0.246 e. The highest BCUT2D eigenvalue weighted by molar-refractivity contribution is 5.92. The van der Waals surface area contributed by atoms with Crippen LogP contribution in [0.5, 0.6) is 11.5 Å². The third-order valence-corrected chi connectivity index (χ3v) is 6.38. The highest BCUT2D eigenvalue weighted by Crippen LogP contribution is 2.12. The van der Waals surface area contributed by atoms with Crippen molar-refractivity contribution in [2.75, 3.05) is 39.3 Å². The molecule has 10 nitrogen and oxygen atoms in total. The molecular formula is C32H42N4O6. The number of unbranched alkanes of at least 4 members (excludes halogenated alkanes) is 1. The van der Waals surface area contributed by atoms with Gasteiger partial charge in [-0.05, 0) is 73.2 Å². The second-order valence-corrected chi connectivity index (χ2v) is 9.87. The number of aromatic hydroxyl groups is 2. The summed E-state index contributed by atoms with van der Waals surface area (Å²) in [5, 5.41) is 24.3. The first-order chi connectivity index (χ1) is 20.1. The normalized spacial score (nSPS) is 11.0. The number of hydrogen-bond acceptors (Lipinski definition) is 6. The molecule has 0 saturated carbocycles. The Kier molecular flexibility index (Phi) is 15.0. The summed E-state index contributed by atoms with van der Waals surface area (Å²) in [6, 6.07) is 13.1. The van der Waals surface area contributed by atoms with E-state index in [0.29, 0.717) is 65.0 Å². The standard InChI is InChI=1S/C32H42N4O6/c1-25(37)33-19-5-24-36(32(42)18-12-28-9-15-30(40)16-10-28)22-4-3-21-35(26(2)38)23-6-20-34-31(41)17-11-27-7-13-29(39)14-8-27/h7-18,39-40H,3-6,19-24H2,1-2H3,(H,33,37)(H,34,41)/b17-11+,18-12+. The minimum atomic E-state index is -0.236. The lowest BCUT2D eigenvalue weighted by molar-refractivity contribution is -0.129. The second kappa shape index (κ2) is 18.7. The predicted octanol–water partition coefficient (Wildman–Crippen LogP) is 3.31. The lowest BCUT2D eigenvalue weighted by Gasteiger charge is -2.24. The molecular weight excluding hydrogens is 536 g/mol. The van der Waals surface area contributed by atoms with Crippen LogP contribution < -0.4 is 10.6 Å². The number of carbonyl (C=O) groups is 4. The van der Waals surface area contributed by atoms with Crippen LogP contribution in [0.1, 0.15) is 50.7 Å². The van der Waals surface area contributed by atoms with Crippen LogP contribution in [0.4, 0.5) is 0 Å². The van der Waals surface area contributed by atoms with Crippen molar-refractivity contribution in [3.8, 4) is 11.5 Å². The van der Waals surface area contributed by atoms with Gasteiger partial charge in [0.05, 0.1) is 0 Å². The fourth-order valence-corrected chi connectivity index (χ4v) is 4.05. The van der Waals surface area contributed by atoms with E-state index in [1.807, 2.05) is 0 Å². The van der Waals surface area contributed by atoms with Crippen molar-refractivity contribution in [2.45, 2.75) is 39.5 Å².